The molecule has 1 atom stereocenters. The van der Waals surface area contributed by atoms with Gasteiger partial charge in [-0.3, -0.25) is 29.4 Å². The fourth-order valence-electron chi connectivity index (χ4n) is 4.02. The van der Waals surface area contributed by atoms with Crippen molar-refractivity contribution in [2.45, 2.75) is 18.6 Å². The summed E-state index contributed by atoms with van der Waals surface area (Å²) in [7, 11) is 1.63. The first kappa shape index (κ1) is 24.9. The van der Waals surface area contributed by atoms with Crippen LogP contribution < -0.4 is 20.9 Å². The maximum atomic E-state index is 13.3. The second-order valence-corrected chi connectivity index (χ2v) is 7.68. The van der Waals surface area contributed by atoms with Gasteiger partial charge in [0.15, 0.2) is 5.82 Å². The van der Waals surface area contributed by atoms with Crippen molar-refractivity contribution in [2.75, 3.05) is 42.9 Å². The van der Waals surface area contributed by atoms with Gasteiger partial charge in [-0.25, -0.2) is 4.79 Å². The second kappa shape index (κ2) is 9.65. The van der Waals surface area contributed by atoms with E-state index in [0.29, 0.717) is 29.0 Å². The molecule has 2 fully saturated rings. The number of carbonyl (C=O) groups is 3. The highest BCUT2D eigenvalue weighted by atomic mass is 79.9. The molecule has 4 rings (SSSR count). The van der Waals surface area contributed by atoms with Crippen LogP contribution >= 0.6 is 17.0 Å². The Bertz CT molecular complexity index is 1070. The van der Waals surface area contributed by atoms with E-state index in [1.807, 2.05) is 0 Å². The third-order valence-corrected chi connectivity index (χ3v) is 5.51. The third-order valence-electron chi connectivity index (χ3n) is 5.51. The molecule has 0 saturated carbocycles. The number of hydrogen-bond acceptors (Lipinski definition) is 6. The van der Waals surface area contributed by atoms with E-state index >= 15 is 0 Å². The average Bonchev–Trinajstić information content (AvgIpc) is 3.05. The fraction of sp³-hybridized carbons (Fsp3) is 0.474. The fourth-order valence-corrected chi connectivity index (χ4v) is 4.02. The van der Waals surface area contributed by atoms with Gasteiger partial charge < -0.3 is 10.6 Å². The number of benzene rings is 1. The summed E-state index contributed by atoms with van der Waals surface area (Å²) in [5, 5.41) is 12.5. The van der Waals surface area contributed by atoms with Crippen LogP contribution in [0.5, 0.6) is 0 Å². The number of nitrogens with one attached hydrogen (secondary N) is 3. The zero-order chi connectivity index (χ0) is 23.0. The largest absolute Gasteiger partial charge is 0.405 e. The Kier molecular flexibility index (Phi) is 7.29. The van der Waals surface area contributed by atoms with Crippen molar-refractivity contribution >= 4 is 57.2 Å². The van der Waals surface area contributed by atoms with Crippen molar-refractivity contribution in [3.63, 3.8) is 0 Å². The molecule has 2 aromatic rings. The predicted octanol–water partition coefficient (Wildman–Crippen LogP) is 1.37. The Hall–Kier alpha value is -2.71. The van der Waals surface area contributed by atoms with E-state index in [9.17, 15) is 27.6 Å². The molecule has 2 aliphatic heterocycles. The number of aryl methyl sites for hydroxylation is 1. The van der Waals surface area contributed by atoms with Crippen LogP contribution in [0.1, 0.15) is 6.42 Å². The molecule has 1 aromatic heterocycles. The van der Waals surface area contributed by atoms with E-state index in [0.717, 1.165) is 4.90 Å². The molecule has 180 valence electrons. The number of piperazine rings is 1. The number of para-hydroxylation sites is 1. The zero-order valence-corrected chi connectivity index (χ0v) is 19.3. The van der Waals surface area contributed by atoms with Gasteiger partial charge in [0, 0.05) is 45.0 Å². The number of nitrogens with zero attached hydrogens (tertiary/aromatic N) is 4. The van der Waals surface area contributed by atoms with Crippen LogP contribution in [-0.4, -0.2) is 77.5 Å². The highest BCUT2D eigenvalue weighted by molar-refractivity contribution is 8.93. The molecule has 14 heteroatoms. The molecule has 1 unspecified atom stereocenters. The van der Waals surface area contributed by atoms with Crippen LogP contribution in [-0.2, 0) is 16.6 Å². The number of aromatic nitrogens is 2. The van der Waals surface area contributed by atoms with Gasteiger partial charge in [0.2, 0.25) is 11.8 Å². The van der Waals surface area contributed by atoms with Gasteiger partial charge in [-0.15, -0.1) is 17.0 Å². The quantitative estimate of drug-likeness (QED) is 0.547. The van der Waals surface area contributed by atoms with E-state index in [2.05, 4.69) is 21.0 Å². The number of rotatable bonds is 4. The van der Waals surface area contributed by atoms with Gasteiger partial charge in [-0.05, 0) is 12.1 Å². The minimum atomic E-state index is -4.44. The molecule has 1 aromatic carbocycles. The van der Waals surface area contributed by atoms with Crippen LogP contribution in [0, 0.1) is 0 Å². The molecule has 4 amide bonds. The summed E-state index contributed by atoms with van der Waals surface area (Å²) < 4.78 is 41.3. The molecule has 3 N–H and O–H groups in total. The smallest absolute Gasteiger partial charge is 0.323 e. The minimum Gasteiger partial charge on any atom is -0.323 e. The molecule has 2 aliphatic rings. The predicted molar refractivity (Wildman–Crippen MR) is 119 cm³/mol. The highest BCUT2D eigenvalue weighted by Gasteiger charge is 2.45. The van der Waals surface area contributed by atoms with E-state index in [1.165, 1.54) is 9.58 Å². The van der Waals surface area contributed by atoms with Gasteiger partial charge in [0.1, 0.15) is 6.04 Å². The SMILES string of the molecule is Br.Cn1nc(N2CCC(=O)NC2=O)c2cccc(NC(=O)CN3CCNCC3C(F)(F)F)c21. The van der Waals surface area contributed by atoms with Gasteiger partial charge in [-0.1, -0.05) is 6.07 Å². The first-order valence-electron chi connectivity index (χ1n) is 10.0. The summed E-state index contributed by atoms with van der Waals surface area (Å²) in [4.78, 5) is 38.7. The Labute approximate surface area is 197 Å². The number of carbonyl (C=O) groups excluding carboxylic acids is 3. The summed E-state index contributed by atoms with van der Waals surface area (Å²) in [6.45, 7) is -0.0575. The third kappa shape index (κ3) is 5.12. The summed E-state index contributed by atoms with van der Waals surface area (Å²) in [6.07, 6.45) is -4.31. The number of alkyl halides is 3. The number of urea groups is 1. The van der Waals surface area contributed by atoms with E-state index < -0.39 is 30.7 Å². The van der Waals surface area contributed by atoms with Gasteiger partial charge in [0.25, 0.3) is 0 Å². The van der Waals surface area contributed by atoms with Crippen molar-refractivity contribution in [2.24, 2.45) is 7.05 Å². The van der Waals surface area contributed by atoms with Crippen molar-refractivity contribution in [3.05, 3.63) is 18.2 Å². The Morgan fingerprint density at radius 1 is 1.27 bits per heavy atom. The number of imide groups is 1. The van der Waals surface area contributed by atoms with Crippen LogP contribution in [0.4, 0.5) is 29.5 Å². The monoisotopic (exact) mass is 533 g/mol. The maximum absolute atomic E-state index is 13.3. The molecule has 0 spiro atoms. The number of amides is 4. The molecule has 10 nitrogen and oxygen atoms in total. The second-order valence-electron chi connectivity index (χ2n) is 7.68. The lowest BCUT2D eigenvalue weighted by molar-refractivity contribution is -0.187. The minimum absolute atomic E-state index is 0. The molecular weight excluding hydrogens is 511 g/mol. The number of fused-ring (bicyclic) bond motifs is 1. The first-order chi connectivity index (χ1) is 15.1. The van der Waals surface area contributed by atoms with Crippen LogP contribution in [0.2, 0.25) is 0 Å². The van der Waals surface area contributed by atoms with Crippen LogP contribution in [0.25, 0.3) is 10.9 Å². The summed E-state index contributed by atoms with van der Waals surface area (Å²) >= 11 is 0. The van der Waals surface area contributed by atoms with Crippen molar-refractivity contribution in [1.82, 2.24) is 25.3 Å². The molecule has 0 aliphatic carbocycles. The summed E-state index contributed by atoms with van der Waals surface area (Å²) in [6, 6.07) is 2.66. The van der Waals surface area contributed by atoms with Crippen LogP contribution in [0.15, 0.2) is 18.2 Å². The number of hydrogen-bond donors (Lipinski definition) is 3. The molecule has 2 saturated heterocycles. The van der Waals surface area contributed by atoms with E-state index in [4.69, 9.17) is 0 Å². The average molecular weight is 534 g/mol. The zero-order valence-electron chi connectivity index (χ0n) is 17.6. The Balaban J connectivity index is 0.00000306. The number of anilines is 2. The van der Waals surface area contributed by atoms with E-state index in [1.54, 1.807) is 25.2 Å². The maximum Gasteiger partial charge on any atom is 0.405 e. The van der Waals surface area contributed by atoms with Gasteiger partial charge in [0.05, 0.1) is 17.7 Å². The molecule has 3 heterocycles. The van der Waals surface area contributed by atoms with Crippen molar-refractivity contribution in [3.8, 4) is 0 Å². The first-order valence-corrected chi connectivity index (χ1v) is 10.0. The summed E-state index contributed by atoms with van der Waals surface area (Å²) in [5.74, 6) is -0.634. The molecular formula is C19H23BrF3N7O3. The van der Waals surface area contributed by atoms with Crippen LogP contribution in [0.3, 0.4) is 0 Å². The lowest BCUT2D eigenvalue weighted by Gasteiger charge is -2.36. The Morgan fingerprint density at radius 2 is 2.03 bits per heavy atom. The molecule has 0 bridgehead atoms. The molecule has 0 radical (unpaired) electrons. The number of halogens is 4. The van der Waals surface area contributed by atoms with E-state index in [-0.39, 0.29) is 48.9 Å². The van der Waals surface area contributed by atoms with Crippen molar-refractivity contribution in [1.29, 1.82) is 0 Å². The standard InChI is InChI=1S/C19H22F3N7O3.BrH/c1-27-16-11(17(26-27)29-7-5-14(30)25-18(29)32)3-2-4-12(16)24-15(31)10-28-8-6-23-9-13(28)19(20,21)22;/h2-4,13,23H,5-10H2,1H3,(H,24,31)(H,25,30,32);1H. The summed E-state index contributed by atoms with van der Waals surface area (Å²) in [5.41, 5.74) is 0.870. The van der Waals surface area contributed by atoms with Gasteiger partial charge in [-0.2, -0.15) is 18.3 Å². The van der Waals surface area contributed by atoms with Crippen molar-refractivity contribution < 1.29 is 27.6 Å². The molecule has 33 heavy (non-hydrogen) atoms. The van der Waals surface area contributed by atoms with Gasteiger partial charge >= 0.3 is 12.2 Å². The highest BCUT2D eigenvalue weighted by Crippen LogP contribution is 2.32. The lowest BCUT2D eigenvalue weighted by atomic mass is 10.1. The topological polar surface area (TPSA) is 112 Å². The lowest BCUT2D eigenvalue weighted by Crippen LogP contribution is -2.59. The normalized spacial score (nSPS) is 19.9. The Morgan fingerprint density at radius 3 is 2.73 bits per heavy atom.